The SMILES string of the molecule is C=C/C(=C\C=C/C)N=Cc1ccc(C=Nc2ccccc2)[nH]1. The molecular formula is C19H19N3. The van der Waals surface area contributed by atoms with E-state index in [0.717, 1.165) is 22.8 Å². The molecule has 0 aliphatic heterocycles. The zero-order valence-electron chi connectivity index (χ0n) is 12.6. The van der Waals surface area contributed by atoms with Gasteiger partial charge in [0.15, 0.2) is 0 Å². The van der Waals surface area contributed by atoms with Crippen LogP contribution in [-0.2, 0) is 0 Å². The maximum Gasteiger partial charge on any atom is 0.0630 e. The molecule has 0 aliphatic rings. The normalized spacial score (nSPS) is 12.7. The molecule has 1 aromatic heterocycles. The maximum atomic E-state index is 4.40. The van der Waals surface area contributed by atoms with Crippen LogP contribution < -0.4 is 0 Å². The Bertz CT molecular complexity index is 716. The van der Waals surface area contributed by atoms with E-state index in [1.807, 2.05) is 67.6 Å². The van der Waals surface area contributed by atoms with Gasteiger partial charge in [0.05, 0.1) is 35.2 Å². The van der Waals surface area contributed by atoms with Crippen LogP contribution in [0.1, 0.15) is 18.3 Å². The third-order valence-electron chi connectivity index (χ3n) is 2.86. The van der Waals surface area contributed by atoms with E-state index in [2.05, 4.69) is 21.5 Å². The van der Waals surface area contributed by atoms with Gasteiger partial charge in [0.1, 0.15) is 0 Å². The van der Waals surface area contributed by atoms with Crippen LogP contribution in [0.4, 0.5) is 5.69 Å². The minimum atomic E-state index is 0.812. The fourth-order valence-electron chi connectivity index (χ4n) is 1.74. The van der Waals surface area contributed by atoms with Gasteiger partial charge in [-0.1, -0.05) is 36.9 Å². The second-order valence-corrected chi connectivity index (χ2v) is 4.54. The van der Waals surface area contributed by atoms with Crippen LogP contribution in [0.15, 0.2) is 89.0 Å². The number of aromatic amines is 1. The van der Waals surface area contributed by atoms with Gasteiger partial charge in [-0.2, -0.15) is 0 Å². The van der Waals surface area contributed by atoms with Crippen molar-refractivity contribution in [3.8, 4) is 0 Å². The van der Waals surface area contributed by atoms with E-state index < -0.39 is 0 Å². The summed E-state index contributed by atoms with van der Waals surface area (Å²) in [5.74, 6) is 0. The molecule has 2 rings (SSSR count). The minimum Gasteiger partial charge on any atom is -0.353 e. The number of para-hydroxylation sites is 1. The first kappa shape index (κ1) is 15.4. The van der Waals surface area contributed by atoms with E-state index in [1.165, 1.54) is 0 Å². The second kappa shape index (κ2) is 8.37. The number of benzene rings is 1. The highest BCUT2D eigenvalue weighted by Crippen LogP contribution is 2.09. The summed E-state index contributed by atoms with van der Waals surface area (Å²) in [5, 5.41) is 0. The molecule has 0 saturated heterocycles. The van der Waals surface area contributed by atoms with Gasteiger partial charge in [-0.25, -0.2) is 0 Å². The Labute approximate surface area is 131 Å². The summed E-state index contributed by atoms with van der Waals surface area (Å²) >= 11 is 0. The maximum absolute atomic E-state index is 4.40. The van der Waals surface area contributed by atoms with Gasteiger partial charge in [0, 0.05) is 0 Å². The van der Waals surface area contributed by atoms with Crippen LogP contribution in [0.5, 0.6) is 0 Å². The molecule has 1 N–H and O–H groups in total. The molecule has 0 atom stereocenters. The van der Waals surface area contributed by atoms with Crippen molar-refractivity contribution in [2.45, 2.75) is 6.92 Å². The summed E-state index contributed by atoms with van der Waals surface area (Å²) in [6, 6.07) is 13.8. The Hall–Kier alpha value is -2.94. The van der Waals surface area contributed by atoms with Crippen molar-refractivity contribution in [2.75, 3.05) is 0 Å². The molecule has 110 valence electrons. The van der Waals surface area contributed by atoms with Crippen molar-refractivity contribution in [3.63, 3.8) is 0 Å². The Morgan fingerprint density at radius 2 is 1.77 bits per heavy atom. The Kier molecular flexibility index (Phi) is 5.88. The number of hydrogen-bond donors (Lipinski definition) is 1. The number of rotatable bonds is 6. The highest BCUT2D eigenvalue weighted by molar-refractivity contribution is 5.84. The molecule has 0 fully saturated rings. The lowest BCUT2D eigenvalue weighted by atomic mass is 10.3. The second-order valence-electron chi connectivity index (χ2n) is 4.54. The molecule has 0 bridgehead atoms. The van der Waals surface area contributed by atoms with Crippen LogP contribution in [-0.4, -0.2) is 17.4 Å². The van der Waals surface area contributed by atoms with E-state index >= 15 is 0 Å². The summed E-state index contributed by atoms with van der Waals surface area (Å²) in [4.78, 5) is 12.0. The smallest absolute Gasteiger partial charge is 0.0630 e. The molecule has 0 unspecified atom stereocenters. The number of allylic oxidation sites excluding steroid dienone is 4. The fourth-order valence-corrected chi connectivity index (χ4v) is 1.74. The number of nitrogens with zero attached hydrogens (tertiary/aromatic N) is 2. The van der Waals surface area contributed by atoms with Crippen molar-refractivity contribution in [3.05, 3.63) is 90.4 Å². The molecule has 0 spiro atoms. The topological polar surface area (TPSA) is 40.5 Å². The molecule has 22 heavy (non-hydrogen) atoms. The molecular weight excluding hydrogens is 270 g/mol. The predicted octanol–water partition coefficient (Wildman–Crippen LogP) is 4.83. The fraction of sp³-hybridized carbons (Fsp3) is 0.0526. The van der Waals surface area contributed by atoms with E-state index in [0.29, 0.717) is 0 Å². The van der Waals surface area contributed by atoms with Gasteiger partial charge in [0.2, 0.25) is 0 Å². The highest BCUT2D eigenvalue weighted by Gasteiger charge is 1.94. The number of hydrogen-bond acceptors (Lipinski definition) is 2. The van der Waals surface area contributed by atoms with Crippen LogP contribution in [0.25, 0.3) is 0 Å². The lowest BCUT2D eigenvalue weighted by molar-refractivity contribution is 1.34. The summed E-state index contributed by atoms with van der Waals surface area (Å²) in [6.07, 6.45) is 11.1. The van der Waals surface area contributed by atoms with E-state index in [9.17, 15) is 0 Å². The molecule has 3 heteroatoms. The predicted molar refractivity (Wildman–Crippen MR) is 95.2 cm³/mol. The monoisotopic (exact) mass is 289 g/mol. The van der Waals surface area contributed by atoms with Crippen LogP contribution in [0.3, 0.4) is 0 Å². The standard InChI is InChI=1S/C19H19N3/c1-3-5-9-16(4-2)20-14-18-12-13-19(22-18)15-21-17-10-7-6-8-11-17/h3-15,22H,2H2,1H3/b5-3-,16-9+,20-14?,21-15?. The molecule has 3 nitrogen and oxygen atoms in total. The van der Waals surface area contributed by atoms with Gasteiger partial charge < -0.3 is 4.98 Å². The first-order valence-electron chi connectivity index (χ1n) is 7.09. The molecule has 0 aliphatic carbocycles. The summed E-state index contributed by atoms with van der Waals surface area (Å²) < 4.78 is 0. The van der Waals surface area contributed by atoms with Crippen LogP contribution >= 0.6 is 0 Å². The molecule has 2 aromatic rings. The lowest BCUT2D eigenvalue weighted by Gasteiger charge is -1.92. The van der Waals surface area contributed by atoms with Crippen LogP contribution in [0, 0.1) is 0 Å². The summed E-state index contributed by atoms with van der Waals surface area (Å²) in [7, 11) is 0. The van der Waals surface area contributed by atoms with Gasteiger partial charge in [-0.05, 0) is 43.3 Å². The summed E-state index contributed by atoms with van der Waals surface area (Å²) in [5.41, 5.74) is 3.59. The molecule has 0 saturated carbocycles. The third-order valence-corrected chi connectivity index (χ3v) is 2.86. The van der Waals surface area contributed by atoms with Gasteiger partial charge in [0.25, 0.3) is 0 Å². The Morgan fingerprint density at radius 1 is 1.05 bits per heavy atom. The van der Waals surface area contributed by atoms with E-state index in [1.54, 1.807) is 18.5 Å². The summed E-state index contributed by atoms with van der Waals surface area (Å²) in [6.45, 7) is 5.71. The third kappa shape index (κ3) is 4.87. The minimum absolute atomic E-state index is 0.812. The molecule has 1 heterocycles. The van der Waals surface area contributed by atoms with Gasteiger partial charge >= 0.3 is 0 Å². The van der Waals surface area contributed by atoms with Crippen molar-refractivity contribution in [1.82, 2.24) is 4.98 Å². The van der Waals surface area contributed by atoms with Crippen molar-refractivity contribution < 1.29 is 0 Å². The number of H-pyrrole nitrogens is 1. The lowest BCUT2D eigenvalue weighted by Crippen LogP contribution is -1.85. The van der Waals surface area contributed by atoms with Crippen molar-refractivity contribution in [1.29, 1.82) is 0 Å². The number of aliphatic imine (C=N–C) groups is 2. The first-order valence-corrected chi connectivity index (χ1v) is 7.09. The van der Waals surface area contributed by atoms with Crippen LogP contribution in [0.2, 0.25) is 0 Å². The largest absolute Gasteiger partial charge is 0.353 e. The van der Waals surface area contributed by atoms with Crippen molar-refractivity contribution in [2.24, 2.45) is 9.98 Å². The Morgan fingerprint density at radius 3 is 2.45 bits per heavy atom. The van der Waals surface area contributed by atoms with E-state index in [4.69, 9.17) is 0 Å². The Balaban J connectivity index is 2.05. The number of aromatic nitrogens is 1. The van der Waals surface area contributed by atoms with Crippen molar-refractivity contribution >= 4 is 18.1 Å². The van der Waals surface area contributed by atoms with E-state index in [-0.39, 0.29) is 0 Å². The highest BCUT2D eigenvalue weighted by atomic mass is 14.8. The zero-order chi connectivity index (χ0) is 15.6. The first-order chi connectivity index (χ1) is 10.8. The zero-order valence-corrected chi connectivity index (χ0v) is 12.6. The van der Waals surface area contributed by atoms with Gasteiger partial charge in [-0.15, -0.1) is 0 Å². The molecule has 0 amide bonds. The average molecular weight is 289 g/mol. The number of nitrogens with one attached hydrogen (secondary N) is 1. The quantitative estimate of drug-likeness (QED) is 0.584. The molecule has 1 aromatic carbocycles. The average Bonchev–Trinajstić information content (AvgIpc) is 3.02. The molecule has 0 radical (unpaired) electrons. The van der Waals surface area contributed by atoms with Gasteiger partial charge in [-0.3, -0.25) is 9.98 Å².